The van der Waals surface area contributed by atoms with Crippen LogP contribution in [0.25, 0.3) is 0 Å². The molecule has 7 heteroatoms. The van der Waals surface area contributed by atoms with E-state index in [0.29, 0.717) is 6.42 Å². The lowest BCUT2D eigenvalue weighted by Gasteiger charge is -2.10. The van der Waals surface area contributed by atoms with Crippen molar-refractivity contribution in [3.05, 3.63) is 214 Å². The maximum Gasteiger partial charge on any atom is 0.312 e. The zero-order valence-corrected chi connectivity index (χ0v) is 38.9. The molecule has 0 aromatic heterocycles. The minimum Gasteiger partial charge on any atom is -0.469 e. The van der Waals surface area contributed by atoms with E-state index in [4.69, 9.17) is 9.94 Å². The Morgan fingerprint density at radius 2 is 0.708 bits per heavy atom. The molecule has 2 unspecified atom stereocenters. The zero-order chi connectivity index (χ0) is 46.5. The fourth-order valence-electron chi connectivity index (χ4n) is 7.48. The first-order chi connectivity index (χ1) is 31.7. The number of hydrogen-bond acceptors (Lipinski definition) is 6. The predicted molar refractivity (Wildman–Crippen MR) is 263 cm³/mol. The molecular formula is C58H69NO6. The molecule has 2 atom stereocenters. The van der Waals surface area contributed by atoms with Crippen molar-refractivity contribution in [2.75, 3.05) is 14.2 Å². The monoisotopic (exact) mass is 876 g/mol. The van der Waals surface area contributed by atoms with Crippen molar-refractivity contribution < 1.29 is 29.1 Å². The molecule has 7 nitrogen and oxygen atoms in total. The highest BCUT2D eigenvalue weighted by molar-refractivity contribution is 5.82. The van der Waals surface area contributed by atoms with Crippen LogP contribution in [0.4, 0.5) is 0 Å². The Labute approximate surface area is 388 Å². The van der Waals surface area contributed by atoms with E-state index in [1.54, 1.807) is 12.4 Å². The quantitative estimate of drug-likeness (QED) is 0.0323. The Balaban J connectivity index is 0.000000213. The normalized spacial score (nSPS) is 11.4. The third-order valence-corrected chi connectivity index (χ3v) is 11.7. The number of ether oxygens (including phenoxy) is 2. The Hall–Kier alpha value is -6.31. The van der Waals surface area contributed by atoms with Gasteiger partial charge in [0, 0.05) is 0 Å². The van der Waals surface area contributed by atoms with Crippen LogP contribution < -0.4 is 5.48 Å². The fraction of sp³-hybridized carbons (Fsp3) is 0.328. The topological polar surface area (TPSA) is 102 Å². The number of carbonyl (C=O) groups is 3. The average Bonchev–Trinajstić information content (AvgIpc) is 3.36. The van der Waals surface area contributed by atoms with Crippen LogP contribution in [0, 0.1) is 0 Å². The number of nitrogens with one attached hydrogen (secondary N) is 1. The predicted octanol–water partition coefficient (Wildman–Crippen LogP) is 12.4. The number of amides is 1. The van der Waals surface area contributed by atoms with Crippen molar-refractivity contribution in [2.24, 2.45) is 0 Å². The van der Waals surface area contributed by atoms with Crippen molar-refractivity contribution in [3.8, 4) is 0 Å². The Morgan fingerprint density at radius 3 is 1.02 bits per heavy atom. The van der Waals surface area contributed by atoms with Gasteiger partial charge in [0.1, 0.15) is 0 Å². The van der Waals surface area contributed by atoms with Crippen LogP contribution in [-0.2, 0) is 68.8 Å². The molecule has 6 aromatic rings. The van der Waals surface area contributed by atoms with E-state index in [0.717, 1.165) is 61.6 Å². The van der Waals surface area contributed by atoms with E-state index in [1.165, 1.54) is 79.7 Å². The van der Waals surface area contributed by atoms with E-state index in [1.807, 2.05) is 49.4 Å². The molecule has 2 N–H and O–H groups in total. The lowest BCUT2D eigenvalue weighted by molar-refractivity contribution is -0.142. The highest BCUT2D eigenvalue weighted by Crippen LogP contribution is 2.20. The number of carbonyl (C=O) groups excluding carboxylic acids is 3. The first-order valence-electron chi connectivity index (χ1n) is 23.1. The number of esters is 2. The van der Waals surface area contributed by atoms with Crippen LogP contribution in [0.15, 0.2) is 164 Å². The van der Waals surface area contributed by atoms with E-state index >= 15 is 0 Å². The minimum absolute atomic E-state index is 0.185. The molecule has 0 saturated carbocycles. The van der Waals surface area contributed by atoms with Gasteiger partial charge in [-0.25, -0.2) is 5.48 Å². The van der Waals surface area contributed by atoms with Gasteiger partial charge < -0.3 is 9.47 Å². The van der Waals surface area contributed by atoms with Gasteiger partial charge >= 0.3 is 11.9 Å². The zero-order valence-electron chi connectivity index (χ0n) is 38.9. The number of benzene rings is 6. The van der Waals surface area contributed by atoms with E-state index in [-0.39, 0.29) is 29.7 Å². The van der Waals surface area contributed by atoms with Crippen molar-refractivity contribution in [1.29, 1.82) is 0 Å². The van der Waals surface area contributed by atoms with Crippen molar-refractivity contribution in [3.63, 3.8) is 0 Å². The number of unbranched alkanes of at least 4 members (excludes halogenated alkanes) is 3. The molecule has 0 aliphatic rings. The molecular weight excluding hydrogens is 807 g/mol. The van der Waals surface area contributed by atoms with Crippen LogP contribution in [-0.4, -0.2) is 37.3 Å². The maximum absolute atomic E-state index is 11.5. The largest absolute Gasteiger partial charge is 0.469 e. The maximum atomic E-state index is 11.5. The van der Waals surface area contributed by atoms with Crippen LogP contribution >= 0.6 is 0 Å². The van der Waals surface area contributed by atoms with Gasteiger partial charge in [0.15, 0.2) is 0 Å². The third kappa shape index (κ3) is 20.0. The van der Waals surface area contributed by atoms with Crippen LogP contribution in [0.1, 0.15) is 114 Å². The first kappa shape index (κ1) is 51.3. The number of hydrogen-bond donors (Lipinski definition) is 2. The van der Waals surface area contributed by atoms with Gasteiger partial charge in [0.25, 0.3) is 5.91 Å². The fourth-order valence-corrected chi connectivity index (χ4v) is 7.48. The molecule has 342 valence electrons. The number of rotatable bonds is 21. The van der Waals surface area contributed by atoms with E-state index in [2.05, 4.69) is 126 Å². The summed E-state index contributed by atoms with van der Waals surface area (Å²) in [7, 11) is 2.85. The van der Waals surface area contributed by atoms with Crippen molar-refractivity contribution >= 4 is 17.8 Å². The summed E-state index contributed by atoms with van der Waals surface area (Å²) in [5.41, 5.74) is 12.8. The van der Waals surface area contributed by atoms with Gasteiger partial charge in [-0.15, -0.1) is 0 Å². The molecule has 0 bridgehead atoms. The summed E-state index contributed by atoms with van der Waals surface area (Å²) in [6.45, 7) is 3.65. The summed E-state index contributed by atoms with van der Waals surface area (Å²) >= 11 is 0. The summed E-state index contributed by atoms with van der Waals surface area (Å²) in [6, 6.07) is 56.4. The lowest BCUT2D eigenvalue weighted by atomic mass is 9.97. The summed E-state index contributed by atoms with van der Waals surface area (Å²) in [4.78, 5) is 34.1. The molecule has 0 radical (unpaired) electrons. The smallest absolute Gasteiger partial charge is 0.312 e. The molecule has 0 aliphatic heterocycles. The van der Waals surface area contributed by atoms with E-state index in [9.17, 15) is 14.4 Å². The summed E-state index contributed by atoms with van der Waals surface area (Å²) in [5.74, 6) is -1.29. The molecule has 0 spiro atoms. The van der Waals surface area contributed by atoms with Crippen molar-refractivity contribution in [1.82, 2.24) is 5.48 Å². The molecule has 0 saturated heterocycles. The van der Waals surface area contributed by atoms with Gasteiger partial charge in [-0.3, -0.25) is 19.6 Å². The highest BCUT2D eigenvalue weighted by Gasteiger charge is 2.15. The Bertz CT molecular complexity index is 2100. The van der Waals surface area contributed by atoms with Crippen LogP contribution in [0.3, 0.4) is 0 Å². The SMILES string of the molecule is CC(C(=O)NO)c1ccc(CCCCc2ccccc2)cc1.COC(=O)C(C)c1ccc(CCCCc2ccccc2)cc1.COC(=O)Cc1ccc(CCCCc2ccccc2)cc1. The second kappa shape index (κ2) is 29.9. The molecule has 65 heavy (non-hydrogen) atoms. The first-order valence-corrected chi connectivity index (χ1v) is 23.1. The summed E-state index contributed by atoms with van der Waals surface area (Å²) in [5, 5.41) is 8.66. The van der Waals surface area contributed by atoms with Crippen LogP contribution in [0.5, 0.6) is 0 Å². The van der Waals surface area contributed by atoms with Gasteiger partial charge in [-0.1, -0.05) is 164 Å². The number of hydroxylamine groups is 1. The standard InChI is InChI=1S/C20H24O2.C19H23NO2.C19H22O2/c1-16(20(21)22-2)19-14-12-18(13-15-19)11-7-6-10-17-8-4-3-5-9-17;1-15(19(21)20-22)18-13-11-17(12-14-18)10-6-5-9-16-7-3-2-4-8-16;1-21-19(20)15-18-13-11-17(12-14-18)10-6-5-9-16-7-3-2-4-8-16/h3-5,8-9,12-16H,6-7,10-11H2,1-2H3;2-4,7-8,11-15,22H,5-6,9-10H2,1H3,(H,20,21);2-4,7-8,11-14H,5-6,9-10,15H2,1H3. The molecule has 0 aliphatic carbocycles. The van der Waals surface area contributed by atoms with Gasteiger partial charge in [0.2, 0.25) is 0 Å². The third-order valence-electron chi connectivity index (χ3n) is 11.7. The number of methoxy groups -OCH3 is 2. The second-order valence-electron chi connectivity index (χ2n) is 16.6. The van der Waals surface area contributed by atoms with E-state index < -0.39 is 0 Å². The summed E-state index contributed by atoms with van der Waals surface area (Å²) < 4.78 is 9.45. The highest BCUT2D eigenvalue weighted by atomic mass is 16.5. The van der Waals surface area contributed by atoms with Gasteiger partial charge in [-0.2, -0.15) is 0 Å². The molecule has 0 fully saturated rings. The molecule has 0 heterocycles. The molecule has 6 aromatic carbocycles. The van der Waals surface area contributed by atoms with Gasteiger partial charge in [0.05, 0.1) is 32.5 Å². The summed E-state index contributed by atoms with van der Waals surface area (Å²) in [6.07, 6.45) is 14.1. The molecule has 1 amide bonds. The average molecular weight is 876 g/mol. The Morgan fingerprint density at radius 1 is 0.415 bits per heavy atom. The van der Waals surface area contributed by atoms with Crippen molar-refractivity contribution in [2.45, 2.75) is 109 Å². The van der Waals surface area contributed by atoms with Crippen LogP contribution in [0.2, 0.25) is 0 Å². The second-order valence-corrected chi connectivity index (χ2v) is 16.6. The number of aryl methyl sites for hydroxylation is 6. The van der Waals surface area contributed by atoms with Gasteiger partial charge in [-0.05, 0) is 141 Å². The Kier molecular flexibility index (Phi) is 23.6. The molecule has 6 rings (SSSR count). The minimum atomic E-state index is -0.379. The lowest BCUT2D eigenvalue weighted by Crippen LogP contribution is -2.24.